The zero-order valence-electron chi connectivity index (χ0n) is 11.2. The van der Waals surface area contributed by atoms with E-state index in [4.69, 9.17) is 14.6 Å². The van der Waals surface area contributed by atoms with Crippen molar-refractivity contribution in [1.29, 1.82) is 0 Å². The van der Waals surface area contributed by atoms with Crippen LogP contribution in [0.25, 0.3) is 0 Å². The van der Waals surface area contributed by atoms with E-state index >= 15 is 0 Å². The molecule has 1 heterocycles. The fraction of sp³-hybridized carbons (Fsp3) is 0.429. The Balaban J connectivity index is 2.00. The maximum Gasteiger partial charge on any atom is 0.339 e. The molecule has 1 saturated heterocycles. The van der Waals surface area contributed by atoms with Crippen molar-refractivity contribution >= 4 is 11.9 Å². The Morgan fingerprint density at radius 2 is 2.30 bits per heavy atom. The quantitative estimate of drug-likeness (QED) is 0.841. The Morgan fingerprint density at radius 1 is 1.50 bits per heavy atom. The number of rotatable bonds is 5. The van der Waals surface area contributed by atoms with Crippen LogP contribution in [0, 0.1) is 5.92 Å². The third kappa shape index (κ3) is 3.27. The van der Waals surface area contributed by atoms with Crippen LogP contribution in [0.15, 0.2) is 18.2 Å². The molecule has 0 radical (unpaired) electrons. The van der Waals surface area contributed by atoms with Gasteiger partial charge in [0.15, 0.2) is 0 Å². The lowest BCUT2D eigenvalue weighted by Crippen LogP contribution is -2.30. The molecule has 0 saturated carbocycles. The SMILES string of the molecule is COc1ccc(CNC(=O)[C@H]2CCOC2)cc1C(=O)O. The molecule has 2 N–H and O–H groups in total. The van der Waals surface area contributed by atoms with Gasteiger partial charge in [-0.1, -0.05) is 6.07 Å². The van der Waals surface area contributed by atoms with Crippen LogP contribution in [0.1, 0.15) is 22.3 Å². The molecule has 1 aliphatic heterocycles. The van der Waals surface area contributed by atoms with Crippen LogP contribution >= 0.6 is 0 Å². The van der Waals surface area contributed by atoms with Gasteiger partial charge < -0.3 is 19.9 Å². The molecule has 0 aromatic heterocycles. The average molecular weight is 279 g/mol. The Bertz CT molecular complexity index is 508. The summed E-state index contributed by atoms with van der Waals surface area (Å²) in [6.07, 6.45) is 0.731. The Morgan fingerprint density at radius 3 is 2.90 bits per heavy atom. The molecule has 2 rings (SSSR count). The molecule has 1 aliphatic rings. The van der Waals surface area contributed by atoms with E-state index in [-0.39, 0.29) is 17.4 Å². The molecule has 0 bridgehead atoms. The minimum atomic E-state index is -1.06. The first-order valence-corrected chi connectivity index (χ1v) is 6.37. The lowest BCUT2D eigenvalue weighted by atomic mass is 10.1. The average Bonchev–Trinajstić information content (AvgIpc) is 2.98. The maximum absolute atomic E-state index is 11.8. The molecule has 1 amide bonds. The topological polar surface area (TPSA) is 84.9 Å². The van der Waals surface area contributed by atoms with Crippen molar-refractivity contribution in [2.45, 2.75) is 13.0 Å². The normalized spacial score (nSPS) is 17.8. The third-order valence-electron chi connectivity index (χ3n) is 3.26. The maximum atomic E-state index is 11.8. The molecular weight excluding hydrogens is 262 g/mol. The van der Waals surface area contributed by atoms with E-state index in [1.165, 1.54) is 13.2 Å². The second kappa shape index (κ2) is 6.38. The number of carboxylic acids is 1. The summed E-state index contributed by atoms with van der Waals surface area (Å²) in [5.74, 6) is -0.918. The predicted octanol–water partition coefficient (Wildman–Crippen LogP) is 1.05. The summed E-state index contributed by atoms with van der Waals surface area (Å²) in [5, 5.41) is 11.9. The number of aromatic carboxylic acids is 1. The number of nitrogens with one attached hydrogen (secondary N) is 1. The van der Waals surface area contributed by atoms with Crippen molar-refractivity contribution in [2.24, 2.45) is 5.92 Å². The highest BCUT2D eigenvalue weighted by atomic mass is 16.5. The van der Waals surface area contributed by atoms with E-state index in [0.29, 0.717) is 25.5 Å². The Labute approximate surface area is 116 Å². The van der Waals surface area contributed by atoms with E-state index in [1.54, 1.807) is 12.1 Å². The molecule has 6 heteroatoms. The van der Waals surface area contributed by atoms with Crippen molar-refractivity contribution < 1.29 is 24.2 Å². The predicted molar refractivity (Wildman–Crippen MR) is 70.7 cm³/mol. The minimum absolute atomic E-state index is 0.0600. The van der Waals surface area contributed by atoms with Crippen molar-refractivity contribution in [3.05, 3.63) is 29.3 Å². The van der Waals surface area contributed by atoms with E-state index < -0.39 is 5.97 Å². The molecule has 1 aromatic rings. The molecule has 108 valence electrons. The molecular formula is C14H17NO5. The number of carbonyl (C=O) groups is 2. The number of carboxylic acid groups (broad SMARTS) is 1. The first-order valence-electron chi connectivity index (χ1n) is 6.37. The number of hydrogen-bond donors (Lipinski definition) is 2. The number of ether oxygens (including phenoxy) is 2. The van der Waals surface area contributed by atoms with Crippen LogP contribution in [0.4, 0.5) is 0 Å². The number of methoxy groups -OCH3 is 1. The van der Waals surface area contributed by atoms with Crippen LogP contribution in [-0.4, -0.2) is 37.3 Å². The highest BCUT2D eigenvalue weighted by molar-refractivity contribution is 5.91. The van der Waals surface area contributed by atoms with Crippen molar-refractivity contribution in [3.63, 3.8) is 0 Å². The van der Waals surface area contributed by atoms with Gasteiger partial charge in [-0.25, -0.2) is 4.79 Å². The highest BCUT2D eigenvalue weighted by Crippen LogP contribution is 2.20. The van der Waals surface area contributed by atoms with Gasteiger partial charge in [0.05, 0.1) is 19.6 Å². The lowest BCUT2D eigenvalue weighted by Gasteiger charge is -2.11. The van der Waals surface area contributed by atoms with Gasteiger partial charge in [-0.3, -0.25) is 4.79 Å². The first kappa shape index (κ1) is 14.3. The van der Waals surface area contributed by atoms with Crippen LogP contribution in [0.3, 0.4) is 0 Å². The molecule has 6 nitrogen and oxygen atoms in total. The smallest absolute Gasteiger partial charge is 0.339 e. The summed E-state index contributed by atoms with van der Waals surface area (Å²) in [5.41, 5.74) is 0.805. The van der Waals surface area contributed by atoms with Crippen LogP contribution in [0.2, 0.25) is 0 Å². The molecule has 20 heavy (non-hydrogen) atoms. The van der Waals surface area contributed by atoms with Crippen LogP contribution in [0.5, 0.6) is 5.75 Å². The lowest BCUT2D eigenvalue weighted by molar-refractivity contribution is -0.125. The second-order valence-electron chi connectivity index (χ2n) is 4.62. The van der Waals surface area contributed by atoms with Crippen LogP contribution in [-0.2, 0) is 16.1 Å². The minimum Gasteiger partial charge on any atom is -0.496 e. The van der Waals surface area contributed by atoms with Crippen molar-refractivity contribution in [2.75, 3.05) is 20.3 Å². The van der Waals surface area contributed by atoms with Gasteiger partial charge in [0.25, 0.3) is 0 Å². The molecule has 1 fully saturated rings. The third-order valence-corrected chi connectivity index (χ3v) is 3.26. The zero-order valence-corrected chi connectivity index (χ0v) is 11.2. The molecule has 0 unspecified atom stereocenters. The summed E-state index contributed by atoms with van der Waals surface area (Å²) >= 11 is 0. The van der Waals surface area contributed by atoms with Gasteiger partial charge in [-0.15, -0.1) is 0 Å². The summed E-state index contributed by atoms with van der Waals surface area (Å²) < 4.78 is 10.1. The molecule has 0 aliphatic carbocycles. The van der Waals surface area contributed by atoms with Gasteiger partial charge in [0.1, 0.15) is 11.3 Å². The second-order valence-corrected chi connectivity index (χ2v) is 4.62. The van der Waals surface area contributed by atoms with Gasteiger partial charge >= 0.3 is 5.97 Å². The van der Waals surface area contributed by atoms with Gasteiger partial charge in [-0.2, -0.15) is 0 Å². The van der Waals surface area contributed by atoms with Crippen molar-refractivity contribution in [1.82, 2.24) is 5.32 Å². The van der Waals surface area contributed by atoms with E-state index in [9.17, 15) is 9.59 Å². The fourth-order valence-corrected chi connectivity index (χ4v) is 2.11. The zero-order chi connectivity index (χ0) is 14.5. The van der Waals surface area contributed by atoms with Gasteiger partial charge in [-0.05, 0) is 24.1 Å². The monoisotopic (exact) mass is 279 g/mol. The summed E-state index contributed by atoms with van der Waals surface area (Å²) in [6, 6.07) is 4.83. The highest BCUT2D eigenvalue weighted by Gasteiger charge is 2.23. The van der Waals surface area contributed by atoms with E-state index in [2.05, 4.69) is 5.32 Å². The number of hydrogen-bond acceptors (Lipinski definition) is 4. The standard InChI is InChI=1S/C14H17NO5/c1-19-12-3-2-9(6-11(12)14(17)18)7-15-13(16)10-4-5-20-8-10/h2-3,6,10H,4-5,7-8H2,1H3,(H,15,16)(H,17,18)/t10-/m0/s1. The van der Waals surface area contributed by atoms with E-state index in [0.717, 1.165) is 12.0 Å². The van der Waals surface area contributed by atoms with Gasteiger partial charge in [0.2, 0.25) is 5.91 Å². The van der Waals surface area contributed by atoms with Crippen LogP contribution < -0.4 is 10.1 Å². The number of benzene rings is 1. The molecule has 1 atom stereocenters. The summed E-state index contributed by atoms with van der Waals surface area (Å²) in [7, 11) is 1.42. The summed E-state index contributed by atoms with van der Waals surface area (Å²) in [4.78, 5) is 22.9. The number of carbonyl (C=O) groups excluding carboxylic acids is 1. The van der Waals surface area contributed by atoms with Gasteiger partial charge in [0, 0.05) is 13.2 Å². The molecule has 1 aromatic carbocycles. The largest absolute Gasteiger partial charge is 0.496 e. The van der Waals surface area contributed by atoms with E-state index in [1.807, 2.05) is 0 Å². The molecule has 0 spiro atoms. The fourth-order valence-electron chi connectivity index (χ4n) is 2.11. The Kier molecular flexibility index (Phi) is 4.57. The van der Waals surface area contributed by atoms with Crippen molar-refractivity contribution in [3.8, 4) is 5.75 Å². The Hall–Kier alpha value is -2.08. The first-order chi connectivity index (χ1) is 9.61. The number of amides is 1. The summed E-state index contributed by atoms with van der Waals surface area (Å²) in [6.45, 7) is 1.36.